The number of benzene rings is 1. The van der Waals surface area contributed by atoms with Gasteiger partial charge >= 0.3 is 0 Å². The van der Waals surface area contributed by atoms with Gasteiger partial charge in [-0.05, 0) is 43.4 Å². The first-order valence-electron chi connectivity index (χ1n) is 7.14. The molecule has 1 saturated carbocycles. The van der Waals surface area contributed by atoms with Crippen LogP contribution in [0.15, 0.2) is 22.7 Å². The summed E-state index contributed by atoms with van der Waals surface area (Å²) < 4.78 is 5.40. The summed E-state index contributed by atoms with van der Waals surface area (Å²) in [6.07, 6.45) is 4.52. The van der Waals surface area contributed by atoms with Gasteiger partial charge in [0.15, 0.2) is 5.82 Å². The minimum absolute atomic E-state index is 0.311. The van der Waals surface area contributed by atoms with Crippen molar-refractivity contribution in [1.82, 2.24) is 10.1 Å². The van der Waals surface area contributed by atoms with E-state index in [2.05, 4.69) is 10.1 Å². The zero-order valence-corrected chi connectivity index (χ0v) is 13.1. The van der Waals surface area contributed by atoms with Crippen LogP contribution >= 0.6 is 23.2 Å². The van der Waals surface area contributed by atoms with E-state index < -0.39 is 0 Å². The van der Waals surface area contributed by atoms with Gasteiger partial charge in [-0.15, -0.1) is 0 Å². The molecule has 6 heteroatoms. The normalized spacial score (nSPS) is 22.4. The molecule has 0 radical (unpaired) electrons. The minimum Gasteiger partial charge on any atom is -0.339 e. The van der Waals surface area contributed by atoms with Gasteiger partial charge in [-0.3, -0.25) is 0 Å². The van der Waals surface area contributed by atoms with Crippen LogP contribution < -0.4 is 5.73 Å². The molecule has 0 atom stereocenters. The van der Waals surface area contributed by atoms with Crippen molar-refractivity contribution in [2.45, 2.75) is 44.1 Å². The molecule has 0 saturated heterocycles. The number of nitrogens with zero attached hydrogens (tertiary/aromatic N) is 2. The molecule has 1 aromatic carbocycles. The number of aromatic nitrogens is 2. The lowest BCUT2D eigenvalue weighted by molar-refractivity contribution is 0.300. The summed E-state index contributed by atoms with van der Waals surface area (Å²) in [7, 11) is 0. The molecule has 4 nitrogen and oxygen atoms in total. The summed E-state index contributed by atoms with van der Waals surface area (Å²) in [6, 6.07) is 5.75. The van der Waals surface area contributed by atoms with Crippen molar-refractivity contribution in [2.75, 3.05) is 0 Å². The topological polar surface area (TPSA) is 64.9 Å². The van der Waals surface area contributed by atoms with Gasteiger partial charge in [0.25, 0.3) is 0 Å². The number of hydrogen-bond donors (Lipinski definition) is 1. The van der Waals surface area contributed by atoms with Gasteiger partial charge in [0.1, 0.15) is 0 Å². The number of rotatable bonds is 3. The lowest BCUT2D eigenvalue weighted by Gasteiger charge is -2.22. The molecule has 3 rings (SSSR count). The Balaban J connectivity index is 1.73. The zero-order valence-electron chi connectivity index (χ0n) is 11.6. The lowest BCUT2D eigenvalue weighted by Crippen LogP contribution is -2.25. The molecular formula is C15H17Cl2N3O. The molecule has 112 valence electrons. The third-order valence-corrected chi connectivity index (χ3v) is 4.71. The van der Waals surface area contributed by atoms with E-state index in [4.69, 9.17) is 33.5 Å². The van der Waals surface area contributed by atoms with Gasteiger partial charge in [-0.25, -0.2) is 0 Å². The predicted molar refractivity (Wildman–Crippen MR) is 82.8 cm³/mol. The van der Waals surface area contributed by atoms with Crippen LogP contribution in [0.4, 0.5) is 0 Å². The maximum atomic E-state index is 6.17. The van der Waals surface area contributed by atoms with E-state index in [1.807, 2.05) is 18.2 Å². The third kappa shape index (κ3) is 3.39. The van der Waals surface area contributed by atoms with Crippen molar-refractivity contribution in [3.05, 3.63) is 45.5 Å². The van der Waals surface area contributed by atoms with Crippen molar-refractivity contribution in [3.8, 4) is 0 Å². The van der Waals surface area contributed by atoms with Crippen molar-refractivity contribution in [3.63, 3.8) is 0 Å². The summed E-state index contributed by atoms with van der Waals surface area (Å²) in [4.78, 5) is 4.50. The molecule has 1 aliphatic rings. The fraction of sp³-hybridized carbons (Fsp3) is 0.467. The largest absolute Gasteiger partial charge is 0.339 e. The minimum atomic E-state index is 0.311. The molecule has 1 fully saturated rings. The van der Waals surface area contributed by atoms with E-state index in [-0.39, 0.29) is 0 Å². The molecule has 0 amide bonds. The van der Waals surface area contributed by atoms with Gasteiger partial charge in [0.05, 0.1) is 0 Å². The van der Waals surface area contributed by atoms with Crippen LogP contribution in [0.3, 0.4) is 0 Å². The third-order valence-electron chi connectivity index (χ3n) is 4.00. The highest BCUT2D eigenvalue weighted by Crippen LogP contribution is 2.32. The van der Waals surface area contributed by atoms with E-state index in [9.17, 15) is 0 Å². The second-order valence-corrected chi connectivity index (χ2v) is 6.35. The average Bonchev–Trinajstić information content (AvgIpc) is 2.92. The molecule has 0 unspecified atom stereocenters. The fourth-order valence-electron chi connectivity index (χ4n) is 2.73. The maximum absolute atomic E-state index is 6.17. The standard InChI is InChI=1S/C15H17Cl2N3O/c16-12-2-1-3-13(17)11(12)8-14-19-15(21-20-14)9-4-6-10(18)7-5-9/h1-3,9-10H,4-8,18H2. The lowest BCUT2D eigenvalue weighted by atomic mass is 9.86. The quantitative estimate of drug-likeness (QED) is 0.927. The fourth-order valence-corrected chi connectivity index (χ4v) is 3.26. The second kappa shape index (κ2) is 6.34. The summed E-state index contributed by atoms with van der Waals surface area (Å²) in [5, 5.41) is 5.30. The van der Waals surface area contributed by atoms with Crippen LogP contribution in [-0.2, 0) is 6.42 Å². The SMILES string of the molecule is NC1CCC(c2nc(Cc3c(Cl)cccc3Cl)no2)CC1. The van der Waals surface area contributed by atoms with Crippen LogP contribution in [0.1, 0.15) is 48.9 Å². The smallest absolute Gasteiger partial charge is 0.229 e. The number of nitrogens with two attached hydrogens (primary N) is 1. The highest BCUT2D eigenvalue weighted by molar-refractivity contribution is 6.36. The van der Waals surface area contributed by atoms with E-state index in [1.165, 1.54) is 0 Å². The van der Waals surface area contributed by atoms with Gasteiger partial charge in [0.2, 0.25) is 5.89 Å². The first kappa shape index (κ1) is 14.8. The van der Waals surface area contributed by atoms with E-state index in [0.717, 1.165) is 31.2 Å². The highest BCUT2D eigenvalue weighted by Gasteiger charge is 2.25. The Hall–Kier alpha value is -1.10. The molecule has 0 aliphatic heterocycles. The van der Waals surface area contributed by atoms with Crippen molar-refractivity contribution < 1.29 is 4.52 Å². The summed E-state index contributed by atoms with van der Waals surface area (Å²) in [6.45, 7) is 0. The van der Waals surface area contributed by atoms with Gasteiger partial charge < -0.3 is 10.3 Å². The zero-order chi connectivity index (χ0) is 14.8. The summed E-state index contributed by atoms with van der Waals surface area (Å²) in [5.74, 6) is 1.66. The van der Waals surface area contributed by atoms with Crippen LogP contribution in [-0.4, -0.2) is 16.2 Å². The van der Waals surface area contributed by atoms with Gasteiger partial charge in [-0.2, -0.15) is 4.98 Å². The van der Waals surface area contributed by atoms with Gasteiger partial charge in [-0.1, -0.05) is 34.4 Å². The Labute approximate surface area is 133 Å². The van der Waals surface area contributed by atoms with E-state index in [0.29, 0.717) is 40.1 Å². The summed E-state index contributed by atoms with van der Waals surface area (Å²) >= 11 is 12.3. The molecule has 0 spiro atoms. The van der Waals surface area contributed by atoms with Crippen LogP contribution in [0.5, 0.6) is 0 Å². The Morgan fingerprint density at radius 1 is 1.14 bits per heavy atom. The molecule has 1 aliphatic carbocycles. The van der Waals surface area contributed by atoms with Crippen LogP contribution in [0, 0.1) is 0 Å². The first-order chi connectivity index (χ1) is 10.1. The van der Waals surface area contributed by atoms with Crippen molar-refractivity contribution in [1.29, 1.82) is 0 Å². The molecular weight excluding hydrogens is 309 g/mol. The summed E-state index contributed by atoms with van der Waals surface area (Å²) in [5.41, 5.74) is 6.75. The van der Waals surface area contributed by atoms with Crippen LogP contribution in [0.25, 0.3) is 0 Å². The monoisotopic (exact) mass is 325 g/mol. The van der Waals surface area contributed by atoms with E-state index in [1.54, 1.807) is 0 Å². The molecule has 2 aromatic rings. The molecule has 1 aromatic heterocycles. The van der Waals surface area contributed by atoms with Gasteiger partial charge in [0, 0.05) is 28.4 Å². The second-order valence-electron chi connectivity index (χ2n) is 5.54. The first-order valence-corrected chi connectivity index (χ1v) is 7.90. The highest BCUT2D eigenvalue weighted by atomic mass is 35.5. The molecule has 1 heterocycles. The predicted octanol–water partition coefficient (Wildman–Crippen LogP) is 3.95. The Morgan fingerprint density at radius 2 is 1.81 bits per heavy atom. The number of hydrogen-bond acceptors (Lipinski definition) is 4. The Kier molecular flexibility index (Phi) is 4.48. The molecule has 2 N–H and O–H groups in total. The Bertz CT molecular complexity index is 601. The van der Waals surface area contributed by atoms with E-state index >= 15 is 0 Å². The average molecular weight is 326 g/mol. The Morgan fingerprint density at radius 3 is 2.48 bits per heavy atom. The van der Waals surface area contributed by atoms with Crippen molar-refractivity contribution in [2.24, 2.45) is 5.73 Å². The van der Waals surface area contributed by atoms with Crippen LogP contribution in [0.2, 0.25) is 10.0 Å². The molecule has 0 bridgehead atoms. The number of halogens is 2. The maximum Gasteiger partial charge on any atom is 0.229 e. The molecule has 21 heavy (non-hydrogen) atoms. The van der Waals surface area contributed by atoms with Crippen molar-refractivity contribution >= 4 is 23.2 Å².